The molecule has 0 aliphatic rings. The van der Waals surface area contributed by atoms with E-state index in [1.807, 2.05) is 0 Å². The van der Waals surface area contributed by atoms with Crippen LogP contribution < -0.4 is 11.2 Å². The highest BCUT2D eigenvalue weighted by atomic mass is 32.1. The summed E-state index contributed by atoms with van der Waals surface area (Å²) < 4.78 is 0. The van der Waals surface area contributed by atoms with E-state index in [0.29, 0.717) is 32.0 Å². The fraction of sp³-hybridized carbons (Fsp3) is 0.0667. The first kappa shape index (κ1) is 17.2. The molecule has 0 fully saturated rings. The number of nitrogen functional groups attached to an aromatic ring is 1. The number of hydrogen-bond donors (Lipinski definition) is 3. The zero-order chi connectivity index (χ0) is 18.8. The third kappa shape index (κ3) is 3.15. The van der Waals surface area contributed by atoms with Gasteiger partial charge in [-0.25, -0.2) is 15.4 Å². The minimum absolute atomic E-state index is 0.294. The van der Waals surface area contributed by atoms with E-state index < -0.39 is 22.3 Å². The van der Waals surface area contributed by atoms with Crippen molar-refractivity contribution in [2.45, 2.75) is 6.92 Å². The number of nitrogens with one attached hydrogen (secondary N) is 1. The first-order valence-electron chi connectivity index (χ1n) is 7.19. The Morgan fingerprint density at radius 1 is 1.46 bits per heavy atom. The van der Waals surface area contributed by atoms with Gasteiger partial charge in [-0.3, -0.25) is 14.9 Å². The van der Waals surface area contributed by atoms with Crippen molar-refractivity contribution in [1.29, 1.82) is 0 Å². The first-order valence-corrected chi connectivity index (χ1v) is 8.00. The molecule has 0 aliphatic carbocycles. The Bertz CT molecular complexity index is 1060. The number of aromatic nitrogens is 2. The summed E-state index contributed by atoms with van der Waals surface area (Å²) in [5.41, 5.74) is 8.71. The average molecular weight is 372 g/mol. The molecule has 0 aliphatic heterocycles. The zero-order valence-corrected chi connectivity index (χ0v) is 14.1. The summed E-state index contributed by atoms with van der Waals surface area (Å²) in [4.78, 5) is 31.4. The molecule has 2 aromatic heterocycles. The van der Waals surface area contributed by atoms with Crippen LogP contribution in [0.1, 0.15) is 20.8 Å². The molecule has 3 aromatic rings. The van der Waals surface area contributed by atoms with E-state index in [-0.39, 0.29) is 0 Å². The number of thiophene rings is 1. The van der Waals surface area contributed by atoms with Crippen LogP contribution in [0.3, 0.4) is 0 Å². The molecule has 0 saturated carbocycles. The van der Waals surface area contributed by atoms with Crippen LogP contribution in [-0.4, -0.2) is 32.1 Å². The van der Waals surface area contributed by atoms with Gasteiger partial charge in [0.05, 0.1) is 21.4 Å². The van der Waals surface area contributed by atoms with Gasteiger partial charge in [-0.2, -0.15) is 5.10 Å². The number of nitro benzene ring substituents is 1. The minimum atomic E-state index is -0.711. The van der Waals surface area contributed by atoms with Gasteiger partial charge >= 0.3 is 5.69 Å². The highest BCUT2D eigenvalue weighted by molar-refractivity contribution is 7.20. The molecule has 1 amide bonds. The molecule has 0 spiro atoms. The number of aryl methyl sites for hydroxylation is 1. The highest BCUT2D eigenvalue weighted by Gasteiger charge is 2.18. The second-order valence-corrected chi connectivity index (χ2v) is 6.20. The number of phenolic OH excluding ortho intramolecular Hbond substituents is 1. The molecule has 1 aromatic carbocycles. The van der Waals surface area contributed by atoms with Gasteiger partial charge in [0.1, 0.15) is 17.0 Å². The molecule has 2 heterocycles. The quantitative estimate of drug-likeness (QED) is 0.359. The van der Waals surface area contributed by atoms with Crippen molar-refractivity contribution >= 4 is 45.2 Å². The first-order chi connectivity index (χ1) is 12.4. The topological polar surface area (TPSA) is 157 Å². The number of nitrogens with two attached hydrogens (primary N) is 1. The van der Waals surface area contributed by atoms with E-state index in [9.17, 15) is 20.0 Å². The number of anilines is 1. The van der Waals surface area contributed by atoms with Crippen LogP contribution in [0.25, 0.3) is 10.2 Å². The van der Waals surface area contributed by atoms with Gasteiger partial charge in [-0.1, -0.05) is 0 Å². The molecule has 11 heteroatoms. The fourth-order valence-corrected chi connectivity index (χ4v) is 3.35. The molecule has 3 rings (SSSR count). The Balaban J connectivity index is 1.80. The molecule has 0 bridgehead atoms. The van der Waals surface area contributed by atoms with E-state index in [1.54, 1.807) is 6.92 Å². The van der Waals surface area contributed by atoms with Crippen molar-refractivity contribution in [2.75, 3.05) is 5.73 Å². The van der Waals surface area contributed by atoms with Crippen molar-refractivity contribution in [1.82, 2.24) is 15.4 Å². The number of carbonyl (C=O) groups excluding carboxylic acids is 1. The lowest BCUT2D eigenvalue weighted by Crippen LogP contribution is -2.17. The Morgan fingerprint density at radius 2 is 2.23 bits per heavy atom. The van der Waals surface area contributed by atoms with E-state index in [4.69, 9.17) is 5.73 Å². The van der Waals surface area contributed by atoms with Crippen LogP contribution in [-0.2, 0) is 0 Å². The predicted molar refractivity (Wildman–Crippen MR) is 96.4 cm³/mol. The Morgan fingerprint density at radius 3 is 2.92 bits per heavy atom. The van der Waals surface area contributed by atoms with Gasteiger partial charge in [0.2, 0.25) is 0 Å². The number of nitro groups is 1. The fourth-order valence-electron chi connectivity index (χ4n) is 2.30. The molecule has 0 unspecified atom stereocenters. The molecule has 0 atom stereocenters. The van der Waals surface area contributed by atoms with Crippen LogP contribution in [0.4, 0.5) is 11.5 Å². The maximum Gasteiger partial charge on any atom is 0.311 e. The number of benzene rings is 1. The molecule has 10 nitrogen and oxygen atoms in total. The lowest BCUT2D eigenvalue weighted by Gasteiger charge is -2.00. The average Bonchev–Trinajstić information content (AvgIpc) is 2.94. The lowest BCUT2D eigenvalue weighted by molar-refractivity contribution is -0.385. The summed E-state index contributed by atoms with van der Waals surface area (Å²) in [5.74, 6) is -0.618. The van der Waals surface area contributed by atoms with Crippen LogP contribution in [0, 0.1) is 17.0 Å². The van der Waals surface area contributed by atoms with Gasteiger partial charge in [-0.15, -0.1) is 11.3 Å². The monoisotopic (exact) mass is 372 g/mol. The van der Waals surface area contributed by atoms with Crippen molar-refractivity contribution in [3.8, 4) is 5.75 Å². The van der Waals surface area contributed by atoms with E-state index in [0.717, 1.165) is 17.4 Å². The standard InChI is InChI=1S/C15H12N6O4S/c1-7-11-13(16)17-6-18-15(11)26-12(7)14(23)20-19-5-8-2-3-10(22)9(4-8)21(24)25/h2-6,22H,1H3,(H,20,23)(H2,16,17,18)/b19-5-. The van der Waals surface area contributed by atoms with Crippen molar-refractivity contribution < 1.29 is 14.8 Å². The summed E-state index contributed by atoms with van der Waals surface area (Å²) in [6, 6.07) is 3.75. The van der Waals surface area contributed by atoms with Gasteiger partial charge in [0.25, 0.3) is 5.91 Å². The third-order valence-corrected chi connectivity index (χ3v) is 4.74. The number of hydrogen-bond acceptors (Lipinski definition) is 9. The number of amides is 1. The van der Waals surface area contributed by atoms with Crippen LogP contribution in [0.5, 0.6) is 5.75 Å². The molecule has 26 heavy (non-hydrogen) atoms. The largest absolute Gasteiger partial charge is 0.502 e. The Hall–Kier alpha value is -3.60. The van der Waals surface area contributed by atoms with Gasteiger partial charge in [0.15, 0.2) is 5.75 Å². The normalized spacial score (nSPS) is 11.1. The molecular formula is C15H12N6O4S. The molecule has 0 radical (unpaired) electrons. The SMILES string of the molecule is Cc1c(C(=O)N/N=C\c2ccc(O)c([N+](=O)[O-])c2)sc2ncnc(N)c12. The second kappa shape index (κ2) is 6.72. The summed E-state index contributed by atoms with van der Waals surface area (Å²) in [7, 11) is 0. The molecule has 0 saturated heterocycles. The van der Waals surface area contributed by atoms with Crippen LogP contribution in [0.15, 0.2) is 29.6 Å². The minimum Gasteiger partial charge on any atom is -0.502 e. The maximum absolute atomic E-state index is 12.3. The van der Waals surface area contributed by atoms with Crippen molar-refractivity contribution in [2.24, 2.45) is 5.10 Å². The van der Waals surface area contributed by atoms with E-state index >= 15 is 0 Å². The highest BCUT2D eigenvalue weighted by Crippen LogP contribution is 2.31. The van der Waals surface area contributed by atoms with E-state index in [1.165, 1.54) is 24.7 Å². The van der Waals surface area contributed by atoms with Gasteiger partial charge < -0.3 is 10.8 Å². The van der Waals surface area contributed by atoms with Crippen LogP contribution in [0.2, 0.25) is 0 Å². The third-order valence-electron chi connectivity index (χ3n) is 3.54. The molecular weight excluding hydrogens is 360 g/mol. The number of aromatic hydroxyl groups is 1. The number of phenols is 1. The Labute approximate surface area is 150 Å². The summed E-state index contributed by atoms with van der Waals surface area (Å²) in [6.45, 7) is 1.74. The number of carbonyl (C=O) groups is 1. The summed E-state index contributed by atoms with van der Waals surface area (Å²) in [6.07, 6.45) is 2.56. The van der Waals surface area contributed by atoms with Gasteiger partial charge in [0, 0.05) is 11.6 Å². The predicted octanol–water partition coefficient (Wildman–Crippen LogP) is 1.96. The van der Waals surface area contributed by atoms with Crippen LogP contribution >= 0.6 is 11.3 Å². The molecule has 132 valence electrons. The number of rotatable bonds is 4. The lowest BCUT2D eigenvalue weighted by atomic mass is 10.2. The number of fused-ring (bicyclic) bond motifs is 1. The summed E-state index contributed by atoms with van der Waals surface area (Å²) in [5, 5.41) is 24.6. The summed E-state index contributed by atoms with van der Waals surface area (Å²) >= 11 is 1.16. The van der Waals surface area contributed by atoms with E-state index in [2.05, 4.69) is 20.5 Å². The maximum atomic E-state index is 12.3. The number of hydrazone groups is 1. The smallest absolute Gasteiger partial charge is 0.311 e. The Kier molecular flexibility index (Phi) is 4.45. The van der Waals surface area contributed by atoms with Gasteiger partial charge in [-0.05, 0) is 24.6 Å². The second-order valence-electron chi connectivity index (χ2n) is 5.20. The number of nitrogens with zero attached hydrogens (tertiary/aromatic N) is 4. The van der Waals surface area contributed by atoms with Crippen molar-refractivity contribution in [3.63, 3.8) is 0 Å². The van der Waals surface area contributed by atoms with Crippen molar-refractivity contribution in [3.05, 3.63) is 50.6 Å². The molecule has 4 N–H and O–H groups in total. The zero-order valence-electron chi connectivity index (χ0n) is 13.3.